The molecule has 3 aromatic carbocycles. The molecular formula is C24H24N2O3. The van der Waals surface area contributed by atoms with E-state index in [4.69, 9.17) is 0 Å². The molecule has 0 radical (unpaired) electrons. The van der Waals surface area contributed by atoms with E-state index in [2.05, 4.69) is 10.6 Å². The van der Waals surface area contributed by atoms with Crippen LogP contribution in [-0.2, 0) is 11.2 Å². The Morgan fingerprint density at radius 2 is 1.86 bits per heavy atom. The Labute approximate surface area is 169 Å². The van der Waals surface area contributed by atoms with Gasteiger partial charge in [0.25, 0.3) is 5.91 Å². The fourth-order valence-corrected chi connectivity index (χ4v) is 3.81. The number of anilines is 1. The van der Waals surface area contributed by atoms with E-state index in [1.807, 2.05) is 62.4 Å². The van der Waals surface area contributed by atoms with E-state index in [-0.39, 0.29) is 30.4 Å². The second-order valence-electron chi connectivity index (χ2n) is 7.81. The van der Waals surface area contributed by atoms with Crippen LogP contribution in [0, 0.1) is 5.92 Å². The highest BCUT2D eigenvalue weighted by atomic mass is 16.3. The predicted molar refractivity (Wildman–Crippen MR) is 115 cm³/mol. The van der Waals surface area contributed by atoms with Crippen LogP contribution in [0.2, 0.25) is 0 Å². The lowest BCUT2D eigenvalue weighted by Crippen LogP contribution is -2.41. The summed E-state index contributed by atoms with van der Waals surface area (Å²) in [5.41, 5.74) is 4.43. The molecule has 0 fully saturated rings. The fraction of sp³-hybridized carbons (Fsp3) is 0.250. The zero-order valence-corrected chi connectivity index (χ0v) is 16.5. The van der Waals surface area contributed by atoms with Crippen molar-refractivity contribution in [1.82, 2.24) is 5.32 Å². The van der Waals surface area contributed by atoms with Crippen molar-refractivity contribution < 1.29 is 14.7 Å². The van der Waals surface area contributed by atoms with Crippen molar-refractivity contribution in [2.45, 2.75) is 26.3 Å². The molecular weight excluding hydrogens is 364 g/mol. The molecule has 0 saturated heterocycles. The van der Waals surface area contributed by atoms with Gasteiger partial charge in [0.05, 0.1) is 19.1 Å². The lowest BCUT2D eigenvalue weighted by atomic mass is 9.94. The topological polar surface area (TPSA) is 78.4 Å². The van der Waals surface area contributed by atoms with Gasteiger partial charge in [0.15, 0.2) is 0 Å². The standard InChI is InChI=1S/C24H24N2O3/c1-14(2)22(13-27)26-24(29)20-8-4-6-18-17(5-3-7-19(18)20)15-9-10-16-12-23(28)25-21(16)11-15/h3-11,14,22,27H,12-13H2,1-2H3,(H,25,28)(H,26,29)/t22-/m1/s1. The summed E-state index contributed by atoms with van der Waals surface area (Å²) in [6, 6.07) is 17.3. The maximum Gasteiger partial charge on any atom is 0.252 e. The zero-order chi connectivity index (χ0) is 20.5. The van der Waals surface area contributed by atoms with Crippen molar-refractivity contribution in [2.24, 2.45) is 5.92 Å². The summed E-state index contributed by atoms with van der Waals surface area (Å²) in [5, 5.41) is 17.2. The minimum absolute atomic E-state index is 0.0117. The molecule has 0 spiro atoms. The van der Waals surface area contributed by atoms with Gasteiger partial charge in [-0.25, -0.2) is 0 Å². The van der Waals surface area contributed by atoms with Gasteiger partial charge in [-0.3, -0.25) is 9.59 Å². The van der Waals surface area contributed by atoms with Crippen LogP contribution in [0.4, 0.5) is 5.69 Å². The van der Waals surface area contributed by atoms with Gasteiger partial charge in [0.2, 0.25) is 5.91 Å². The largest absolute Gasteiger partial charge is 0.394 e. The van der Waals surface area contributed by atoms with Gasteiger partial charge in [-0.2, -0.15) is 0 Å². The Hall–Kier alpha value is -3.18. The number of aliphatic hydroxyl groups excluding tert-OH is 1. The molecule has 1 aliphatic rings. The van der Waals surface area contributed by atoms with Crippen LogP contribution in [0.1, 0.15) is 29.8 Å². The quantitative estimate of drug-likeness (QED) is 0.623. The summed E-state index contributed by atoms with van der Waals surface area (Å²) in [6.07, 6.45) is 0.414. The highest BCUT2D eigenvalue weighted by molar-refractivity contribution is 6.11. The number of aliphatic hydroxyl groups is 1. The van der Waals surface area contributed by atoms with Crippen LogP contribution < -0.4 is 10.6 Å². The highest BCUT2D eigenvalue weighted by Gasteiger charge is 2.20. The van der Waals surface area contributed by atoms with Crippen LogP contribution >= 0.6 is 0 Å². The summed E-state index contributed by atoms with van der Waals surface area (Å²) in [4.78, 5) is 24.6. The minimum atomic E-state index is -0.290. The molecule has 0 saturated carbocycles. The van der Waals surface area contributed by atoms with Crippen LogP contribution in [0.3, 0.4) is 0 Å². The predicted octanol–water partition coefficient (Wildman–Crippen LogP) is 3.75. The minimum Gasteiger partial charge on any atom is -0.394 e. The second-order valence-corrected chi connectivity index (χ2v) is 7.81. The van der Waals surface area contributed by atoms with Gasteiger partial charge >= 0.3 is 0 Å². The third kappa shape index (κ3) is 3.61. The summed E-state index contributed by atoms with van der Waals surface area (Å²) in [6.45, 7) is 3.84. The second kappa shape index (κ2) is 7.68. The van der Waals surface area contributed by atoms with Gasteiger partial charge in [-0.05, 0) is 45.5 Å². The number of nitrogens with one attached hydrogen (secondary N) is 2. The third-order valence-corrected chi connectivity index (χ3v) is 5.53. The van der Waals surface area contributed by atoms with Gasteiger partial charge in [-0.15, -0.1) is 0 Å². The van der Waals surface area contributed by atoms with Crippen LogP contribution in [-0.4, -0.2) is 29.6 Å². The average molecular weight is 388 g/mol. The first kappa shape index (κ1) is 19.2. The number of carbonyl (C=O) groups is 2. The first-order valence-electron chi connectivity index (χ1n) is 9.84. The summed E-state index contributed by atoms with van der Waals surface area (Å²) >= 11 is 0. The molecule has 4 rings (SSSR count). The van der Waals surface area contributed by atoms with Gasteiger partial charge in [-0.1, -0.05) is 56.3 Å². The Balaban J connectivity index is 1.76. The molecule has 5 heteroatoms. The normalized spacial score (nSPS) is 14.0. The van der Waals surface area contributed by atoms with Crippen molar-refractivity contribution in [2.75, 3.05) is 11.9 Å². The van der Waals surface area contributed by atoms with E-state index in [1.165, 1.54) is 0 Å². The van der Waals surface area contributed by atoms with Gasteiger partial charge < -0.3 is 15.7 Å². The van der Waals surface area contributed by atoms with Crippen LogP contribution in [0.15, 0.2) is 54.6 Å². The molecule has 0 unspecified atom stereocenters. The number of carbonyl (C=O) groups excluding carboxylic acids is 2. The summed E-state index contributed by atoms with van der Waals surface area (Å²) in [7, 11) is 0. The van der Waals surface area contributed by atoms with Crippen molar-refractivity contribution in [3.05, 3.63) is 65.7 Å². The average Bonchev–Trinajstić information content (AvgIpc) is 3.09. The van der Waals surface area contributed by atoms with Gasteiger partial charge in [0, 0.05) is 11.3 Å². The molecule has 3 aromatic rings. The highest BCUT2D eigenvalue weighted by Crippen LogP contribution is 2.34. The molecule has 1 heterocycles. The molecule has 3 N–H and O–H groups in total. The maximum atomic E-state index is 12.9. The number of benzene rings is 3. The van der Waals surface area contributed by atoms with Crippen LogP contribution in [0.5, 0.6) is 0 Å². The SMILES string of the molecule is CC(C)[C@@H](CO)NC(=O)c1cccc2c(-c3ccc4c(c3)NC(=O)C4)cccc12. The number of amides is 2. The Bertz CT molecular complexity index is 1100. The zero-order valence-electron chi connectivity index (χ0n) is 16.5. The lowest BCUT2D eigenvalue weighted by molar-refractivity contribution is -0.115. The van der Waals surface area contributed by atoms with E-state index in [0.717, 1.165) is 33.2 Å². The van der Waals surface area contributed by atoms with E-state index >= 15 is 0 Å². The molecule has 148 valence electrons. The van der Waals surface area contributed by atoms with Crippen molar-refractivity contribution in [1.29, 1.82) is 0 Å². The molecule has 0 aromatic heterocycles. The molecule has 5 nitrogen and oxygen atoms in total. The third-order valence-electron chi connectivity index (χ3n) is 5.53. The molecule has 29 heavy (non-hydrogen) atoms. The molecule has 2 amide bonds. The van der Waals surface area contributed by atoms with E-state index in [1.54, 1.807) is 6.07 Å². The van der Waals surface area contributed by atoms with Crippen molar-refractivity contribution in [3.8, 4) is 11.1 Å². The molecule has 0 aliphatic carbocycles. The lowest BCUT2D eigenvalue weighted by Gasteiger charge is -2.20. The van der Waals surface area contributed by atoms with Crippen molar-refractivity contribution in [3.63, 3.8) is 0 Å². The number of hydrogen-bond donors (Lipinski definition) is 3. The molecule has 0 bridgehead atoms. The fourth-order valence-electron chi connectivity index (χ4n) is 3.81. The monoisotopic (exact) mass is 388 g/mol. The van der Waals surface area contributed by atoms with E-state index < -0.39 is 0 Å². The maximum absolute atomic E-state index is 12.9. The smallest absolute Gasteiger partial charge is 0.252 e. The number of rotatable bonds is 5. The number of fused-ring (bicyclic) bond motifs is 2. The first-order valence-corrected chi connectivity index (χ1v) is 9.84. The molecule has 1 aliphatic heterocycles. The van der Waals surface area contributed by atoms with E-state index in [0.29, 0.717) is 12.0 Å². The summed E-state index contributed by atoms with van der Waals surface area (Å²) < 4.78 is 0. The molecule has 1 atom stereocenters. The van der Waals surface area contributed by atoms with E-state index in [9.17, 15) is 14.7 Å². The Morgan fingerprint density at radius 3 is 2.62 bits per heavy atom. The van der Waals surface area contributed by atoms with Gasteiger partial charge in [0.1, 0.15) is 0 Å². The Morgan fingerprint density at radius 1 is 1.10 bits per heavy atom. The van der Waals surface area contributed by atoms with Crippen LogP contribution in [0.25, 0.3) is 21.9 Å². The van der Waals surface area contributed by atoms with Crippen molar-refractivity contribution >= 4 is 28.3 Å². The summed E-state index contributed by atoms with van der Waals surface area (Å²) in [5.74, 6) is -0.0459. The first-order chi connectivity index (χ1) is 14.0. The number of hydrogen-bond acceptors (Lipinski definition) is 3. The Kier molecular flexibility index (Phi) is 5.07.